The summed E-state index contributed by atoms with van der Waals surface area (Å²) >= 11 is 0. The molecule has 0 radical (unpaired) electrons. The second-order valence-corrected chi connectivity index (χ2v) is 8.37. The fourth-order valence-electron chi connectivity index (χ4n) is 3.94. The zero-order valence-electron chi connectivity index (χ0n) is 17.7. The molecule has 11 N–H and O–H groups in total. The summed E-state index contributed by atoms with van der Waals surface area (Å²) in [6, 6.07) is 0. The van der Waals surface area contributed by atoms with Gasteiger partial charge in [-0.15, -0.1) is 0 Å². The fraction of sp³-hybridized carbons (Fsp3) is 1.00. The molecule has 3 saturated heterocycles. The molecule has 16 nitrogen and oxygen atoms in total. The fourth-order valence-corrected chi connectivity index (χ4v) is 3.94. The first-order valence-electron chi connectivity index (χ1n) is 10.6. The van der Waals surface area contributed by atoms with Crippen LogP contribution < -0.4 is 0 Å². The van der Waals surface area contributed by atoms with E-state index in [0.29, 0.717) is 0 Å². The predicted octanol–water partition coefficient (Wildman–Crippen LogP) is -7.57. The largest absolute Gasteiger partial charge is 0.394 e. The Balaban J connectivity index is 1.65. The lowest BCUT2D eigenvalue weighted by atomic mass is 9.97. The lowest BCUT2D eigenvalue weighted by Gasteiger charge is -2.45. The Morgan fingerprint density at radius 2 is 1.00 bits per heavy atom. The molecule has 0 aromatic carbocycles. The SMILES string of the molecule is OC[C@H]1O[C@@H](OC[C@H]2O[C@@H](O)[C@H](O)[C@@H](O[C@@H]3O[C@H](CO)[C@@H](O)[C@H](O)[C@H]3O)[C@@H]2O)[C@H](O)[C@@H](O)[C@@H]1O. The van der Waals surface area contributed by atoms with Gasteiger partial charge < -0.3 is 79.9 Å². The van der Waals surface area contributed by atoms with Crippen LogP contribution in [0.5, 0.6) is 0 Å². The van der Waals surface area contributed by atoms with Crippen LogP contribution in [0, 0.1) is 0 Å². The van der Waals surface area contributed by atoms with E-state index in [0.717, 1.165) is 0 Å². The van der Waals surface area contributed by atoms with Gasteiger partial charge in [0.1, 0.15) is 73.2 Å². The minimum absolute atomic E-state index is 0.609. The van der Waals surface area contributed by atoms with E-state index in [1.165, 1.54) is 0 Å². The van der Waals surface area contributed by atoms with Gasteiger partial charge in [0.05, 0.1) is 19.8 Å². The molecule has 3 rings (SSSR count). The van der Waals surface area contributed by atoms with Crippen LogP contribution in [-0.4, -0.2) is 168 Å². The van der Waals surface area contributed by atoms with Crippen molar-refractivity contribution in [1.82, 2.24) is 0 Å². The van der Waals surface area contributed by atoms with Gasteiger partial charge in [0.25, 0.3) is 0 Å². The van der Waals surface area contributed by atoms with Crippen molar-refractivity contribution in [1.29, 1.82) is 0 Å². The molecule has 0 amide bonds. The van der Waals surface area contributed by atoms with Gasteiger partial charge in [-0.1, -0.05) is 0 Å². The second kappa shape index (κ2) is 11.6. The molecule has 0 bridgehead atoms. The summed E-state index contributed by atoms with van der Waals surface area (Å²) in [5.74, 6) is 0. The zero-order chi connectivity index (χ0) is 25.3. The third kappa shape index (κ3) is 5.52. The molecule has 3 heterocycles. The van der Waals surface area contributed by atoms with Crippen LogP contribution >= 0.6 is 0 Å². The van der Waals surface area contributed by atoms with E-state index in [9.17, 15) is 56.2 Å². The topological polar surface area (TPSA) is 269 Å². The standard InChI is InChI=1S/C18H32O16/c19-1-4-7(21)10(24)12(26)17(32-4)30-3-6-9(23)15(14(28)16(29)31-6)34-18-13(27)11(25)8(22)5(2-20)33-18/h4-29H,1-3H2/t4-,5-,6-,7-,8-,9-,10+,11+,12-,13-,14-,15+,16-,17-,18+/m1/s1. The molecule has 0 aromatic rings. The lowest BCUT2D eigenvalue weighted by Crippen LogP contribution is -2.65. The Bertz CT molecular complexity index is 637. The Kier molecular flexibility index (Phi) is 9.54. The van der Waals surface area contributed by atoms with Gasteiger partial charge in [-0.3, -0.25) is 0 Å². The van der Waals surface area contributed by atoms with E-state index >= 15 is 0 Å². The molecule has 3 aliphatic rings. The highest BCUT2D eigenvalue weighted by Gasteiger charge is 2.51. The molecular formula is C18H32O16. The van der Waals surface area contributed by atoms with E-state index in [1.54, 1.807) is 0 Å². The minimum atomic E-state index is -1.93. The average Bonchev–Trinajstić information content (AvgIpc) is 2.82. The highest BCUT2D eigenvalue weighted by Crippen LogP contribution is 2.29. The van der Waals surface area contributed by atoms with Crippen molar-refractivity contribution in [3.8, 4) is 0 Å². The van der Waals surface area contributed by atoms with E-state index in [-0.39, 0.29) is 0 Å². The third-order valence-electron chi connectivity index (χ3n) is 6.07. The van der Waals surface area contributed by atoms with E-state index in [1.807, 2.05) is 0 Å². The summed E-state index contributed by atoms with van der Waals surface area (Å²) < 4.78 is 26.1. The number of rotatable bonds is 7. The van der Waals surface area contributed by atoms with Crippen molar-refractivity contribution >= 4 is 0 Å². The van der Waals surface area contributed by atoms with Crippen molar-refractivity contribution < 1.29 is 79.9 Å². The summed E-state index contributed by atoms with van der Waals surface area (Å²) in [5.41, 5.74) is 0. The second-order valence-electron chi connectivity index (χ2n) is 8.37. The number of aliphatic hydroxyl groups excluding tert-OH is 11. The first-order chi connectivity index (χ1) is 16.0. The average molecular weight is 504 g/mol. The molecule has 15 atom stereocenters. The number of hydrogen-bond acceptors (Lipinski definition) is 16. The maximum atomic E-state index is 10.6. The molecule has 3 aliphatic heterocycles. The van der Waals surface area contributed by atoms with Gasteiger partial charge in [0.2, 0.25) is 0 Å². The van der Waals surface area contributed by atoms with Crippen LogP contribution in [0.3, 0.4) is 0 Å². The number of aliphatic hydroxyl groups is 11. The Hall–Kier alpha value is -0.640. The van der Waals surface area contributed by atoms with E-state index in [4.69, 9.17) is 23.7 Å². The van der Waals surface area contributed by atoms with Gasteiger partial charge in [0.15, 0.2) is 18.9 Å². The van der Waals surface area contributed by atoms with E-state index < -0.39 is 112 Å². The van der Waals surface area contributed by atoms with Gasteiger partial charge in [-0.05, 0) is 0 Å². The van der Waals surface area contributed by atoms with Crippen molar-refractivity contribution in [2.75, 3.05) is 19.8 Å². The van der Waals surface area contributed by atoms with E-state index in [2.05, 4.69) is 0 Å². The van der Waals surface area contributed by atoms with Crippen LogP contribution in [0.1, 0.15) is 0 Å². The Labute approximate surface area is 192 Å². The highest BCUT2D eigenvalue weighted by atomic mass is 16.7. The van der Waals surface area contributed by atoms with Crippen LogP contribution in [0.15, 0.2) is 0 Å². The third-order valence-corrected chi connectivity index (χ3v) is 6.07. The molecule has 3 fully saturated rings. The van der Waals surface area contributed by atoms with Crippen LogP contribution in [-0.2, 0) is 23.7 Å². The van der Waals surface area contributed by atoms with Gasteiger partial charge in [-0.2, -0.15) is 0 Å². The molecule has 0 saturated carbocycles. The smallest absolute Gasteiger partial charge is 0.187 e. The molecule has 16 heteroatoms. The van der Waals surface area contributed by atoms with Crippen LogP contribution in [0.25, 0.3) is 0 Å². The van der Waals surface area contributed by atoms with Crippen molar-refractivity contribution in [2.45, 2.75) is 92.1 Å². The molecular weight excluding hydrogens is 472 g/mol. The Morgan fingerprint density at radius 3 is 1.53 bits per heavy atom. The first-order valence-corrected chi connectivity index (χ1v) is 10.6. The van der Waals surface area contributed by atoms with Crippen molar-refractivity contribution in [2.24, 2.45) is 0 Å². The molecule has 0 unspecified atom stereocenters. The molecule has 200 valence electrons. The van der Waals surface area contributed by atoms with Crippen molar-refractivity contribution in [3.63, 3.8) is 0 Å². The molecule has 34 heavy (non-hydrogen) atoms. The molecule has 0 aliphatic carbocycles. The maximum Gasteiger partial charge on any atom is 0.187 e. The summed E-state index contributed by atoms with van der Waals surface area (Å²) in [4.78, 5) is 0. The summed E-state index contributed by atoms with van der Waals surface area (Å²) in [6.07, 6.45) is -24.9. The summed E-state index contributed by atoms with van der Waals surface area (Å²) in [7, 11) is 0. The summed E-state index contributed by atoms with van der Waals surface area (Å²) in [5, 5.41) is 109. The molecule has 0 aromatic heterocycles. The monoisotopic (exact) mass is 504 g/mol. The van der Waals surface area contributed by atoms with Gasteiger partial charge in [0, 0.05) is 0 Å². The first kappa shape index (κ1) is 27.9. The van der Waals surface area contributed by atoms with Gasteiger partial charge in [-0.25, -0.2) is 0 Å². The normalized spacial score (nSPS) is 52.5. The van der Waals surface area contributed by atoms with Gasteiger partial charge >= 0.3 is 0 Å². The zero-order valence-corrected chi connectivity index (χ0v) is 17.7. The predicted molar refractivity (Wildman–Crippen MR) is 101 cm³/mol. The number of hydrogen-bond donors (Lipinski definition) is 11. The number of ether oxygens (including phenoxy) is 5. The minimum Gasteiger partial charge on any atom is -0.394 e. The maximum absolute atomic E-state index is 10.6. The quantitative estimate of drug-likeness (QED) is 0.154. The lowest BCUT2D eigenvalue weighted by molar-refractivity contribution is -0.361. The van der Waals surface area contributed by atoms with Crippen LogP contribution in [0.2, 0.25) is 0 Å². The summed E-state index contributed by atoms with van der Waals surface area (Å²) in [6.45, 7) is -2.06. The highest BCUT2D eigenvalue weighted by molar-refractivity contribution is 4.94. The molecule has 0 spiro atoms. The van der Waals surface area contributed by atoms with Crippen LogP contribution in [0.4, 0.5) is 0 Å². The van der Waals surface area contributed by atoms with Crippen molar-refractivity contribution in [3.05, 3.63) is 0 Å². The Morgan fingerprint density at radius 1 is 0.500 bits per heavy atom.